The average Bonchev–Trinajstić information content (AvgIpc) is 2.53. The van der Waals surface area contributed by atoms with Crippen LogP contribution in [0.1, 0.15) is 39.2 Å². The second-order valence-electron chi connectivity index (χ2n) is 6.29. The number of nitrogen functional groups attached to an aromatic ring is 1. The Bertz CT molecular complexity index is 605. The van der Waals surface area contributed by atoms with Gasteiger partial charge in [-0.05, 0) is 45.2 Å². The number of anilines is 2. The van der Waals surface area contributed by atoms with Crippen molar-refractivity contribution in [3.05, 3.63) is 17.7 Å². The molecule has 1 aliphatic rings. The highest BCUT2D eigenvalue weighted by Crippen LogP contribution is 2.35. The number of carbonyl (C=O) groups is 2. The van der Waals surface area contributed by atoms with Crippen LogP contribution in [0.3, 0.4) is 0 Å². The number of ether oxygens (including phenoxy) is 2. The number of nitrogens with zero attached hydrogens (tertiary/aromatic N) is 1. The van der Waals surface area contributed by atoms with E-state index in [-0.39, 0.29) is 12.3 Å². The van der Waals surface area contributed by atoms with Crippen LogP contribution in [0.4, 0.5) is 16.2 Å². The van der Waals surface area contributed by atoms with E-state index in [1.54, 1.807) is 32.9 Å². The number of benzene rings is 1. The molecule has 22 heavy (non-hydrogen) atoms. The Morgan fingerprint density at radius 3 is 2.55 bits per heavy atom. The first-order valence-electron chi connectivity index (χ1n) is 7.25. The highest BCUT2D eigenvalue weighted by atomic mass is 16.6. The van der Waals surface area contributed by atoms with Crippen LogP contribution < -0.4 is 15.4 Å². The van der Waals surface area contributed by atoms with Crippen molar-refractivity contribution in [1.29, 1.82) is 0 Å². The molecule has 0 unspecified atom stereocenters. The van der Waals surface area contributed by atoms with E-state index >= 15 is 0 Å². The van der Waals surface area contributed by atoms with Crippen LogP contribution in [0.25, 0.3) is 0 Å². The normalized spacial score (nSPS) is 15.1. The number of carbonyl (C=O) groups excluding carboxylic acids is 2. The maximum absolute atomic E-state index is 12.4. The van der Waals surface area contributed by atoms with Crippen molar-refractivity contribution in [2.45, 2.75) is 45.6 Å². The van der Waals surface area contributed by atoms with Gasteiger partial charge in [0, 0.05) is 12.5 Å². The fourth-order valence-corrected chi connectivity index (χ4v) is 2.40. The molecule has 6 nitrogen and oxygen atoms in total. The van der Waals surface area contributed by atoms with E-state index < -0.39 is 11.7 Å². The molecule has 0 fully saturated rings. The third kappa shape index (κ3) is 3.32. The van der Waals surface area contributed by atoms with Crippen molar-refractivity contribution in [3.63, 3.8) is 0 Å². The second kappa shape index (κ2) is 5.87. The number of aryl methyl sites for hydroxylation is 1. The molecule has 0 radical (unpaired) electrons. The highest BCUT2D eigenvalue weighted by molar-refractivity contribution is 6.13. The number of hydrogen-bond donors (Lipinski definition) is 1. The standard InChI is InChI=1S/C16H22N2O4/c1-16(2,3)22-15(20)18-12-9-13(21-4)11(17)8-10(12)6-5-7-14(18)19/h8-9H,5-7,17H2,1-4H3. The third-order valence-electron chi connectivity index (χ3n) is 3.33. The van der Waals surface area contributed by atoms with Gasteiger partial charge < -0.3 is 15.2 Å². The highest BCUT2D eigenvalue weighted by Gasteiger charge is 2.32. The number of imide groups is 1. The number of amides is 2. The van der Waals surface area contributed by atoms with Crippen LogP contribution in [0, 0.1) is 0 Å². The quantitative estimate of drug-likeness (QED) is 0.807. The minimum Gasteiger partial charge on any atom is -0.495 e. The van der Waals surface area contributed by atoms with E-state index in [1.165, 1.54) is 7.11 Å². The van der Waals surface area contributed by atoms with Gasteiger partial charge in [-0.25, -0.2) is 9.69 Å². The molecule has 1 heterocycles. The number of hydrogen-bond acceptors (Lipinski definition) is 5. The summed E-state index contributed by atoms with van der Waals surface area (Å²) in [6.07, 6.45) is 0.953. The Hall–Kier alpha value is -2.24. The lowest BCUT2D eigenvalue weighted by Crippen LogP contribution is -2.40. The van der Waals surface area contributed by atoms with Gasteiger partial charge in [0.25, 0.3) is 0 Å². The second-order valence-corrected chi connectivity index (χ2v) is 6.29. The largest absolute Gasteiger partial charge is 0.495 e. The van der Waals surface area contributed by atoms with Crippen molar-refractivity contribution < 1.29 is 19.1 Å². The number of nitrogens with two attached hydrogens (primary N) is 1. The third-order valence-corrected chi connectivity index (χ3v) is 3.33. The lowest BCUT2D eigenvalue weighted by molar-refractivity contribution is -0.118. The van der Waals surface area contributed by atoms with Crippen LogP contribution >= 0.6 is 0 Å². The Balaban J connectivity index is 2.49. The Labute approximate surface area is 130 Å². The molecule has 1 aromatic carbocycles. The van der Waals surface area contributed by atoms with Crippen LogP contribution in [0.15, 0.2) is 12.1 Å². The molecule has 1 aliphatic heterocycles. The molecule has 6 heteroatoms. The molecule has 2 rings (SSSR count). The summed E-state index contributed by atoms with van der Waals surface area (Å²) in [6.45, 7) is 5.28. The molecule has 0 bridgehead atoms. The molecule has 2 amide bonds. The fourth-order valence-electron chi connectivity index (χ4n) is 2.40. The summed E-state index contributed by atoms with van der Waals surface area (Å²) in [5.74, 6) is 0.154. The smallest absolute Gasteiger partial charge is 0.421 e. The lowest BCUT2D eigenvalue weighted by Gasteiger charge is -2.26. The van der Waals surface area contributed by atoms with Crippen LogP contribution in [-0.2, 0) is 16.0 Å². The minimum absolute atomic E-state index is 0.278. The first-order chi connectivity index (χ1) is 10.2. The van der Waals surface area contributed by atoms with Gasteiger partial charge >= 0.3 is 6.09 Å². The van der Waals surface area contributed by atoms with Gasteiger partial charge in [-0.15, -0.1) is 0 Å². The zero-order valence-corrected chi connectivity index (χ0v) is 13.4. The number of methoxy groups -OCH3 is 1. The first kappa shape index (κ1) is 16.1. The van der Waals surface area contributed by atoms with Crippen LogP contribution in [-0.4, -0.2) is 24.7 Å². The molecule has 0 aromatic heterocycles. The monoisotopic (exact) mass is 306 g/mol. The minimum atomic E-state index is -0.679. The van der Waals surface area contributed by atoms with Gasteiger partial charge in [0.2, 0.25) is 5.91 Å². The van der Waals surface area contributed by atoms with E-state index in [2.05, 4.69) is 0 Å². The first-order valence-corrected chi connectivity index (χ1v) is 7.25. The van der Waals surface area contributed by atoms with Gasteiger partial charge in [0.1, 0.15) is 11.4 Å². The maximum atomic E-state index is 12.4. The molecule has 0 spiro atoms. The maximum Gasteiger partial charge on any atom is 0.421 e. The summed E-state index contributed by atoms with van der Waals surface area (Å²) >= 11 is 0. The molecule has 1 aromatic rings. The van der Waals surface area contributed by atoms with Crippen molar-refractivity contribution >= 4 is 23.4 Å². The fraction of sp³-hybridized carbons (Fsp3) is 0.500. The summed E-state index contributed by atoms with van der Waals surface area (Å²) in [7, 11) is 1.49. The molecule has 120 valence electrons. The Kier molecular flexibility index (Phi) is 4.30. The van der Waals surface area contributed by atoms with E-state index in [0.29, 0.717) is 30.0 Å². The molecule has 0 saturated carbocycles. The van der Waals surface area contributed by atoms with Gasteiger partial charge in [-0.3, -0.25) is 4.79 Å². The molecular formula is C16H22N2O4. The zero-order valence-electron chi connectivity index (χ0n) is 13.4. The lowest BCUT2D eigenvalue weighted by atomic mass is 10.1. The summed E-state index contributed by atoms with van der Waals surface area (Å²) < 4.78 is 10.6. The number of rotatable bonds is 1. The van der Waals surface area contributed by atoms with Crippen molar-refractivity contribution in [3.8, 4) is 5.75 Å². The molecule has 0 saturated heterocycles. The summed E-state index contributed by atoms with van der Waals surface area (Å²) in [4.78, 5) is 25.9. The summed E-state index contributed by atoms with van der Waals surface area (Å²) in [5.41, 5.74) is 7.06. The van der Waals surface area contributed by atoms with E-state index in [1.807, 2.05) is 0 Å². The van der Waals surface area contributed by atoms with E-state index in [0.717, 1.165) is 10.5 Å². The predicted molar refractivity (Wildman–Crippen MR) is 84.1 cm³/mol. The Morgan fingerprint density at radius 1 is 1.27 bits per heavy atom. The van der Waals surface area contributed by atoms with Gasteiger partial charge in [0.15, 0.2) is 0 Å². The average molecular weight is 306 g/mol. The van der Waals surface area contributed by atoms with Crippen molar-refractivity contribution in [2.24, 2.45) is 0 Å². The topological polar surface area (TPSA) is 81.9 Å². The van der Waals surface area contributed by atoms with Gasteiger partial charge in [0.05, 0.1) is 18.5 Å². The van der Waals surface area contributed by atoms with Crippen LogP contribution in [0.2, 0.25) is 0 Å². The van der Waals surface area contributed by atoms with Crippen LogP contribution in [0.5, 0.6) is 5.75 Å². The molecule has 0 atom stereocenters. The predicted octanol–water partition coefficient (Wildman–Crippen LogP) is 2.88. The van der Waals surface area contributed by atoms with Gasteiger partial charge in [-0.2, -0.15) is 0 Å². The summed E-state index contributed by atoms with van der Waals surface area (Å²) in [5, 5.41) is 0. The summed E-state index contributed by atoms with van der Waals surface area (Å²) in [6, 6.07) is 3.38. The molecule has 0 aliphatic carbocycles. The van der Waals surface area contributed by atoms with E-state index in [9.17, 15) is 9.59 Å². The molecule has 2 N–H and O–H groups in total. The number of fused-ring (bicyclic) bond motifs is 1. The van der Waals surface area contributed by atoms with Gasteiger partial charge in [-0.1, -0.05) is 0 Å². The van der Waals surface area contributed by atoms with Crippen molar-refractivity contribution in [1.82, 2.24) is 0 Å². The zero-order chi connectivity index (χ0) is 16.5. The SMILES string of the molecule is COc1cc2c(cc1N)CCCC(=O)N2C(=O)OC(C)(C)C. The Morgan fingerprint density at radius 2 is 1.95 bits per heavy atom. The molecular weight excluding hydrogens is 284 g/mol. The van der Waals surface area contributed by atoms with Crippen molar-refractivity contribution in [2.75, 3.05) is 17.7 Å². The van der Waals surface area contributed by atoms with E-state index in [4.69, 9.17) is 15.2 Å².